The number of likely N-dealkylation sites (tertiary alicyclic amines) is 1. The quantitative estimate of drug-likeness (QED) is 0.874. The molecule has 1 saturated heterocycles. The summed E-state index contributed by atoms with van der Waals surface area (Å²) in [6.45, 7) is 5.24. The highest BCUT2D eigenvalue weighted by Crippen LogP contribution is 2.18. The van der Waals surface area contributed by atoms with E-state index in [1.165, 1.54) is 11.3 Å². The summed E-state index contributed by atoms with van der Waals surface area (Å²) in [5.74, 6) is 1.65. The van der Waals surface area contributed by atoms with E-state index in [1.54, 1.807) is 0 Å². The number of hydrogen-bond acceptors (Lipinski definition) is 6. The van der Waals surface area contributed by atoms with Gasteiger partial charge in [-0.2, -0.15) is 10.1 Å². The predicted octanol–water partition coefficient (Wildman–Crippen LogP) is 1.65. The second kappa shape index (κ2) is 6.95. The molecule has 0 aliphatic carbocycles. The van der Waals surface area contributed by atoms with E-state index in [1.807, 2.05) is 37.5 Å². The van der Waals surface area contributed by atoms with Crippen LogP contribution >= 0.6 is 0 Å². The fourth-order valence-corrected chi connectivity index (χ4v) is 2.86. The number of nitrogens with one attached hydrogen (secondary N) is 2. The molecule has 0 aromatic carbocycles. The van der Waals surface area contributed by atoms with Crippen molar-refractivity contribution in [2.45, 2.75) is 32.4 Å². The lowest BCUT2D eigenvalue weighted by Crippen LogP contribution is -2.38. The average Bonchev–Trinajstić information content (AvgIpc) is 2.95. The second-order valence-corrected chi connectivity index (χ2v) is 6.35. The molecule has 1 fully saturated rings. The summed E-state index contributed by atoms with van der Waals surface area (Å²) in [5.41, 5.74) is 2.46. The molecule has 23 heavy (non-hydrogen) atoms. The van der Waals surface area contributed by atoms with Crippen LogP contribution in [-0.2, 0) is 6.54 Å². The van der Waals surface area contributed by atoms with Gasteiger partial charge in [0.15, 0.2) is 0 Å². The van der Waals surface area contributed by atoms with Crippen LogP contribution in [0, 0.1) is 6.92 Å². The SMILES string of the molecule is Cc1[nH]ncc1CN1CCC(Nc2ccnc(N(C)C)n2)CC1. The van der Waals surface area contributed by atoms with Gasteiger partial charge in [0.1, 0.15) is 5.82 Å². The van der Waals surface area contributed by atoms with Crippen LogP contribution < -0.4 is 10.2 Å². The Morgan fingerprint density at radius 3 is 2.78 bits per heavy atom. The van der Waals surface area contributed by atoms with E-state index in [2.05, 4.69) is 37.3 Å². The van der Waals surface area contributed by atoms with E-state index in [0.717, 1.165) is 44.2 Å². The summed E-state index contributed by atoms with van der Waals surface area (Å²) < 4.78 is 0. The highest BCUT2D eigenvalue weighted by atomic mass is 15.2. The van der Waals surface area contributed by atoms with Gasteiger partial charge in [0.2, 0.25) is 5.95 Å². The summed E-state index contributed by atoms with van der Waals surface area (Å²) >= 11 is 0. The third-order valence-corrected chi connectivity index (χ3v) is 4.31. The second-order valence-electron chi connectivity index (χ2n) is 6.35. The van der Waals surface area contributed by atoms with E-state index >= 15 is 0 Å². The Hall–Kier alpha value is -2.15. The van der Waals surface area contributed by atoms with Crippen molar-refractivity contribution in [3.8, 4) is 0 Å². The molecule has 1 aliphatic rings. The van der Waals surface area contributed by atoms with Crippen LogP contribution in [0.25, 0.3) is 0 Å². The van der Waals surface area contributed by atoms with Crippen LogP contribution in [-0.4, -0.2) is 58.3 Å². The van der Waals surface area contributed by atoms with Gasteiger partial charge in [-0.05, 0) is 25.8 Å². The van der Waals surface area contributed by atoms with Gasteiger partial charge in [-0.15, -0.1) is 0 Å². The molecule has 2 aromatic heterocycles. The van der Waals surface area contributed by atoms with E-state index < -0.39 is 0 Å². The molecular formula is C16H25N7. The Morgan fingerprint density at radius 2 is 2.13 bits per heavy atom. The Labute approximate surface area is 137 Å². The molecule has 2 N–H and O–H groups in total. The van der Waals surface area contributed by atoms with Gasteiger partial charge in [0.05, 0.1) is 6.20 Å². The average molecular weight is 315 g/mol. The lowest BCUT2D eigenvalue weighted by atomic mass is 10.0. The zero-order valence-corrected chi connectivity index (χ0v) is 14.1. The minimum atomic E-state index is 0.474. The van der Waals surface area contributed by atoms with Crippen molar-refractivity contribution in [3.05, 3.63) is 29.7 Å². The predicted molar refractivity (Wildman–Crippen MR) is 91.6 cm³/mol. The number of aromatic amines is 1. The van der Waals surface area contributed by atoms with Crippen molar-refractivity contribution in [2.24, 2.45) is 0 Å². The topological polar surface area (TPSA) is 73.0 Å². The molecule has 0 radical (unpaired) electrons. The molecule has 2 aromatic rings. The van der Waals surface area contributed by atoms with Crippen LogP contribution in [0.1, 0.15) is 24.1 Å². The zero-order chi connectivity index (χ0) is 16.2. The summed E-state index contributed by atoms with van der Waals surface area (Å²) in [7, 11) is 3.91. The molecule has 0 bridgehead atoms. The van der Waals surface area contributed by atoms with E-state index in [4.69, 9.17) is 0 Å². The van der Waals surface area contributed by atoms with Crippen molar-refractivity contribution >= 4 is 11.8 Å². The number of aryl methyl sites for hydroxylation is 1. The summed E-state index contributed by atoms with van der Waals surface area (Å²) in [5, 5.41) is 10.6. The third-order valence-electron chi connectivity index (χ3n) is 4.31. The van der Waals surface area contributed by atoms with Crippen LogP contribution in [0.15, 0.2) is 18.5 Å². The Balaban J connectivity index is 1.51. The van der Waals surface area contributed by atoms with E-state index in [-0.39, 0.29) is 0 Å². The van der Waals surface area contributed by atoms with Gasteiger partial charge >= 0.3 is 0 Å². The van der Waals surface area contributed by atoms with E-state index in [0.29, 0.717) is 6.04 Å². The van der Waals surface area contributed by atoms with Crippen molar-refractivity contribution in [3.63, 3.8) is 0 Å². The summed E-state index contributed by atoms with van der Waals surface area (Å²) in [4.78, 5) is 13.2. The number of piperidine rings is 1. The first-order valence-corrected chi connectivity index (χ1v) is 8.10. The van der Waals surface area contributed by atoms with Gasteiger partial charge in [-0.3, -0.25) is 10.00 Å². The minimum Gasteiger partial charge on any atom is -0.367 e. The van der Waals surface area contributed by atoms with Gasteiger partial charge in [-0.25, -0.2) is 4.98 Å². The van der Waals surface area contributed by atoms with E-state index in [9.17, 15) is 0 Å². The molecule has 0 amide bonds. The first kappa shape index (κ1) is 15.7. The highest BCUT2D eigenvalue weighted by Gasteiger charge is 2.20. The number of rotatable bonds is 5. The molecule has 0 spiro atoms. The van der Waals surface area contributed by atoms with Crippen molar-refractivity contribution in [1.29, 1.82) is 0 Å². The van der Waals surface area contributed by atoms with Crippen LogP contribution in [0.5, 0.6) is 0 Å². The Bertz CT molecular complexity index is 629. The molecule has 0 unspecified atom stereocenters. The molecule has 0 atom stereocenters. The van der Waals surface area contributed by atoms with Crippen LogP contribution in [0.2, 0.25) is 0 Å². The lowest BCUT2D eigenvalue weighted by Gasteiger charge is -2.32. The number of hydrogen-bond donors (Lipinski definition) is 2. The van der Waals surface area contributed by atoms with Crippen molar-refractivity contribution in [1.82, 2.24) is 25.1 Å². The first-order valence-electron chi connectivity index (χ1n) is 8.10. The van der Waals surface area contributed by atoms with Gasteiger partial charge in [0, 0.05) is 57.2 Å². The fourth-order valence-electron chi connectivity index (χ4n) is 2.86. The highest BCUT2D eigenvalue weighted by molar-refractivity contribution is 5.41. The Kier molecular flexibility index (Phi) is 4.76. The largest absolute Gasteiger partial charge is 0.367 e. The molecule has 7 nitrogen and oxygen atoms in total. The fraction of sp³-hybridized carbons (Fsp3) is 0.562. The normalized spacial score (nSPS) is 16.5. The third kappa shape index (κ3) is 3.98. The smallest absolute Gasteiger partial charge is 0.226 e. The van der Waals surface area contributed by atoms with Crippen molar-refractivity contribution < 1.29 is 0 Å². The minimum absolute atomic E-state index is 0.474. The number of aromatic nitrogens is 4. The monoisotopic (exact) mass is 315 g/mol. The first-order chi connectivity index (χ1) is 11.1. The summed E-state index contributed by atoms with van der Waals surface area (Å²) in [6, 6.07) is 2.41. The molecule has 1 aliphatic heterocycles. The Morgan fingerprint density at radius 1 is 1.35 bits per heavy atom. The van der Waals surface area contributed by atoms with Gasteiger partial charge < -0.3 is 10.2 Å². The number of anilines is 2. The maximum Gasteiger partial charge on any atom is 0.226 e. The zero-order valence-electron chi connectivity index (χ0n) is 14.1. The van der Waals surface area contributed by atoms with Gasteiger partial charge in [-0.1, -0.05) is 0 Å². The molecule has 3 heterocycles. The standard InChI is InChI=1S/C16H25N7/c1-12-13(10-18-21-12)11-23-8-5-14(6-9-23)19-15-4-7-17-16(20-15)22(2)3/h4,7,10,14H,5-6,8-9,11H2,1-3H3,(H,18,21)(H,17,19,20). The van der Waals surface area contributed by atoms with Crippen LogP contribution in [0.4, 0.5) is 11.8 Å². The molecule has 0 saturated carbocycles. The lowest BCUT2D eigenvalue weighted by molar-refractivity contribution is 0.211. The molecule has 124 valence electrons. The maximum atomic E-state index is 4.54. The van der Waals surface area contributed by atoms with Gasteiger partial charge in [0.25, 0.3) is 0 Å². The van der Waals surface area contributed by atoms with Crippen molar-refractivity contribution in [2.75, 3.05) is 37.4 Å². The summed E-state index contributed by atoms with van der Waals surface area (Å²) in [6.07, 6.45) is 5.99. The number of nitrogens with zero attached hydrogens (tertiary/aromatic N) is 5. The maximum absolute atomic E-state index is 4.54. The molecule has 7 heteroatoms. The van der Waals surface area contributed by atoms with Crippen LogP contribution in [0.3, 0.4) is 0 Å². The molecule has 3 rings (SSSR count). The number of H-pyrrole nitrogens is 1. The molecular weight excluding hydrogens is 290 g/mol.